The highest BCUT2D eigenvalue weighted by atomic mass is 19.1. The van der Waals surface area contributed by atoms with Crippen LogP contribution in [0, 0.1) is 11.7 Å². The molecule has 3 aliphatic rings. The van der Waals surface area contributed by atoms with Gasteiger partial charge < -0.3 is 10.2 Å². The molecule has 5 rings (SSSR count). The fraction of sp³-hybridized carbons (Fsp3) is 0.524. The number of H-pyrrole nitrogens is 1. The van der Waals surface area contributed by atoms with Crippen LogP contribution >= 0.6 is 0 Å². The quantitative estimate of drug-likeness (QED) is 0.855. The molecule has 5 nitrogen and oxygen atoms in total. The Hall–Kier alpha value is -2.37. The molecule has 1 aliphatic heterocycles. The number of aromatic amines is 1. The van der Waals surface area contributed by atoms with E-state index in [1.54, 1.807) is 12.1 Å². The Morgan fingerprint density at radius 1 is 1.48 bits per heavy atom. The number of amides is 2. The number of rotatable bonds is 3. The van der Waals surface area contributed by atoms with E-state index in [2.05, 4.69) is 15.5 Å². The summed E-state index contributed by atoms with van der Waals surface area (Å²) in [6, 6.07) is 4.64. The van der Waals surface area contributed by atoms with E-state index >= 15 is 0 Å². The van der Waals surface area contributed by atoms with Gasteiger partial charge >= 0.3 is 6.03 Å². The molecule has 6 heteroatoms. The summed E-state index contributed by atoms with van der Waals surface area (Å²) in [6.45, 7) is 3.17. The maximum atomic E-state index is 13.7. The first-order valence-electron chi connectivity index (χ1n) is 10.0. The fourth-order valence-electron chi connectivity index (χ4n) is 5.14. The molecule has 2 fully saturated rings. The molecular formula is C21H25FN4O. The van der Waals surface area contributed by atoms with Gasteiger partial charge in [-0.15, -0.1) is 0 Å². The molecule has 142 valence electrons. The topological polar surface area (TPSA) is 61.0 Å². The third-order valence-corrected chi connectivity index (χ3v) is 6.78. The van der Waals surface area contributed by atoms with Crippen molar-refractivity contribution in [3.8, 4) is 0 Å². The Morgan fingerprint density at radius 2 is 2.37 bits per heavy atom. The summed E-state index contributed by atoms with van der Waals surface area (Å²) in [7, 11) is 0. The second kappa shape index (κ2) is 6.08. The minimum absolute atomic E-state index is 0.127. The van der Waals surface area contributed by atoms with Gasteiger partial charge in [0.15, 0.2) is 0 Å². The molecule has 1 aromatic carbocycles. The van der Waals surface area contributed by atoms with E-state index in [9.17, 15) is 9.18 Å². The minimum Gasteiger partial charge on any atom is -0.320 e. The molecule has 2 aliphatic carbocycles. The standard InChI is InChI=1S/C21H25FN4O/c1-2-13-10-15(5-6-17(13)22)23-20(27)26-9-7-18-16(12-26)19(25-24-18)21-8-3-4-14(21)11-21/h5-6,10,14H,2-4,7-9,11-12H2,1H3,(H,23,27)(H,24,25). The zero-order valence-electron chi connectivity index (χ0n) is 15.6. The number of nitrogens with zero attached hydrogens (tertiary/aromatic N) is 2. The number of halogens is 1. The van der Waals surface area contributed by atoms with E-state index in [0.717, 1.165) is 12.3 Å². The lowest BCUT2D eigenvalue weighted by atomic mass is 9.92. The van der Waals surface area contributed by atoms with Crippen LogP contribution in [-0.4, -0.2) is 27.7 Å². The summed E-state index contributed by atoms with van der Waals surface area (Å²) in [5.74, 6) is 0.566. The number of benzene rings is 1. The van der Waals surface area contributed by atoms with Crippen LogP contribution in [0.3, 0.4) is 0 Å². The SMILES string of the molecule is CCc1cc(NC(=O)N2CCc3[nH]nc(C45CCCC4C5)c3C2)ccc1F. The summed E-state index contributed by atoms with van der Waals surface area (Å²) < 4.78 is 13.7. The zero-order chi connectivity index (χ0) is 18.6. The molecular weight excluding hydrogens is 343 g/mol. The lowest BCUT2D eigenvalue weighted by molar-refractivity contribution is 0.206. The highest BCUT2D eigenvalue weighted by Gasteiger charge is 2.60. The first-order chi connectivity index (χ1) is 13.1. The molecule has 27 heavy (non-hydrogen) atoms. The minimum atomic E-state index is -0.226. The first-order valence-corrected chi connectivity index (χ1v) is 10.0. The molecule has 2 amide bonds. The van der Waals surface area contributed by atoms with Gasteiger partial charge in [0.05, 0.1) is 12.2 Å². The summed E-state index contributed by atoms with van der Waals surface area (Å²) in [5.41, 5.74) is 5.19. The maximum absolute atomic E-state index is 13.7. The van der Waals surface area contributed by atoms with E-state index in [-0.39, 0.29) is 17.3 Å². The van der Waals surface area contributed by atoms with Gasteiger partial charge in [-0.25, -0.2) is 9.18 Å². The van der Waals surface area contributed by atoms with Gasteiger partial charge in [0.1, 0.15) is 5.82 Å². The fourth-order valence-corrected chi connectivity index (χ4v) is 5.14. The molecule has 0 bridgehead atoms. The number of aryl methyl sites for hydroxylation is 1. The van der Waals surface area contributed by atoms with E-state index in [1.807, 2.05) is 11.8 Å². The van der Waals surface area contributed by atoms with Crippen LogP contribution in [0.1, 0.15) is 55.1 Å². The van der Waals surface area contributed by atoms with Crippen molar-refractivity contribution in [3.05, 3.63) is 46.5 Å². The van der Waals surface area contributed by atoms with Crippen LogP contribution in [0.25, 0.3) is 0 Å². The molecule has 2 heterocycles. The Labute approximate surface area is 158 Å². The van der Waals surface area contributed by atoms with Gasteiger partial charge in [-0.05, 0) is 55.4 Å². The number of carbonyl (C=O) groups excluding carboxylic acids is 1. The van der Waals surface area contributed by atoms with Crippen LogP contribution in [0.5, 0.6) is 0 Å². The summed E-state index contributed by atoms with van der Waals surface area (Å²) in [6.07, 6.45) is 6.50. The number of aromatic nitrogens is 2. The third-order valence-electron chi connectivity index (χ3n) is 6.78. The number of fused-ring (bicyclic) bond motifs is 2. The highest BCUT2D eigenvalue weighted by Crippen LogP contribution is 2.64. The van der Waals surface area contributed by atoms with Gasteiger partial charge in [-0.2, -0.15) is 5.10 Å². The lowest BCUT2D eigenvalue weighted by Crippen LogP contribution is -2.39. The van der Waals surface area contributed by atoms with Gasteiger partial charge in [-0.3, -0.25) is 5.10 Å². The Balaban J connectivity index is 1.33. The molecule has 0 spiro atoms. The van der Waals surface area contributed by atoms with Crippen molar-refractivity contribution >= 4 is 11.7 Å². The predicted octanol–water partition coefficient (Wildman–Crippen LogP) is 4.14. The maximum Gasteiger partial charge on any atom is 0.322 e. The van der Waals surface area contributed by atoms with Gasteiger partial charge in [0, 0.05) is 35.3 Å². The first kappa shape index (κ1) is 16.8. The summed E-state index contributed by atoms with van der Waals surface area (Å²) >= 11 is 0. The van der Waals surface area contributed by atoms with Gasteiger partial charge in [0.2, 0.25) is 0 Å². The molecule has 2 aromatic rings. The molecule has 0 saturated heterocycles. The molecule has 2 unspecified atom stereocenters. The van der Waals surface area contributed by atoms with Crippen molar-refractivity contribution in [2.75, 3.05) is 11.9 Å². The largest absolute Gasteiger partial charge is 0.322 e. The highest BCUT2D eigenvalue weighted by molar-refractivity contribution is 5.89. The van der Waals surface area contributed by atoms with E-state index in [4.69, 9.17) is 0 Å². The van der Waals surface area contributed by atoms with Crippen molar-refractivity contribution in [3.63, 3.8) is 0 Å². The number of anilines is 1. The van der Waals surface area contributed by atoms with Gasteiger partial charge in [0.25, 0.3) is 0 Å². The number of hydrogen-bond donors (Lipinski definition) is 2. The Morgan fingerprint density at radius 3 is 3.11 bits per heavy atom. The number of urea groups is 1. The summed E-state index contributed by atoms with van der Waals surface area (Å²) in [5, 5.41) is 10.8. The molecule has 2 N–H and O–H groups in total. The van der Waals surface area contributed by atoms with Crippen LogP contribution < -0.4 is 5.32 Å². The average molecular weight is 368 g/mol. The molecule has 0 radical (unpaired) electrons. The zero-order valence-corrected chi connectivity index (χ0v) is 15.6. The van der Waals surface area contributed by atoms with Crippen LogP contribution in [0.15, 0.2) is 18.2 Å². The van der Waals surface area contributed by atoms with Crippen molar-refractivity contribution < 1.29 is 9.18 Å². The van der Waals surface area contributed by atoms with Crippen LogP contribution in [-0.2, 0) is 24.8 Å². The molecule has 2 saturated carbocycles. The third kappa shape index (κ3) is 2.65. The Bertz CT molecular complexity index is 908. The lowest BCUT2D eigenvalue weighted by Gasteiger charge is -2.28. The summed E-state index contributed by atoms with van der Waals surface area (Å²) in [4.78, 5) is 14.6. The van der Waals surface area contributed by atoms with Crippen LogP contribution in [0.4, 0.5) is 14.9 Å². The van der Waals surface area contributed by atoms with Crippen molar-refractivity contribution in [1.82, 2.24) is 15.1 Å². The Kier molecular flexibility index (Phi) is 3.78. The number of hydrogen-bond acceptors (Lipinski definition) is 2. The molecule has 1 aromatic heterocycles. The van der Waals surface area contributed by atoms with Crippen molar-refractivity contribution in [2.24, 2.45) is 5.92 Å². The monoisotopic (exact) mass is 368 g/mol. The smallest absolute Gasteiger partial charge is 0.320 e. The second-order valence-electron chi connectivity index (χ2n) is 8.24. The normalized spacial score (nSPS) is 25.9. The van der Waals surface area contributed by atoms with Gasteiger partial charge in [-0.1, -0.05) is 13.3 Å². The molecule has 2 atom stereocenters. The van der Waals surface area contributed by atoms with E-state index < -0.39 is 0 Å². The predicted molar refractivity (Wildman–Crippen MR) is 101 cm³/mol. The number of carbonyl (C=O) groups is 1. The van der Waals surface area contributed by atoms with Crippen molar-refractivity contribution in [1.29, 1.82) is 0 Å². The average Bonchev–Trinajstić information content (AvgIpc) is 3.04. The van der Waals surface area contributed by atoms with E-state index in [1.165, 1.54) is 48.7 Å². The van der Waals surface area contributed by atoms with E-state index in [0.29, 0.717) is 30.8 Å². The number of nitrogens with one attached hydrogen (secondary N) is 2. The van der Waals surface area contributed by atoms with Crippen LogP contribution in [0.2, 0.25) is 0 Å². The van der Waals surface area contributed by atoms with Crippen molar-refractivity contribution in [2.45, 2.75) is 57.4 Å². The second-order valence-corrected chi connectivity index (χ2v) is 8.24.